The Bertz CT molecular complexity index is 487. The highest BCUT2D eigenvalue weighted by molar-refractivity contribution is 5.34. The Morgan fingerprint density at radius 1 is 1.20 bits per heavy atom. The lowest BCUT2D eigenvalue weighted by Crippen LogP contribution is -2.46. The van der Waals surface area contributed by atoms with Crippen LogP contribution in [-0.4, -0.2) is 22.4 Å². The van der Waals surface area contributed by atoms with Gasteiger partial charge in [-0.05, 0) is 43.7 Å². The van der Waals surface area contributed by atoms with Crippen molar-refractivity contribution in [1.29, 1.82) is 0 Å². The second kappa shape index (κ2) is 5.92. The number of likely N-dealkylation sites (tertiary alicyclic amines) is 1. The molecule has 1 saturated heterocycles. The molecule has 0 unspecified atom stereocenters. The number of rotatable bonds is 3. The second-order valence-corrected chi connectivity index (χ2v) is 6.15. The Morgan fingerprint density at radius 3 is 2.85 bits per heavy atom. The lowest BCUT2D eigenvalue weighted by atomic mass is 9.78. The van der Waals surface area contributed by atoms with Gasteiger partial charge in [-0.25, -0.2) is 0 Å². The summed E-state index contributed by atoms with van der Waals surface area (Å²) in [6.07, 6.45) is 8.04. The lowest BCUT2D eigenvalue weighted by Gasteiger charge is -2.44. The van der Waals surface area contributed by atoms with Crippen LogP contribution in [0.1, 0.15) is 44.1 Å². The Labute approximate surface area is 119 Å². The smallest absolute Gasteiger partial charge is 0.269 e. The molecule has 4 heteroatoms. The molecule has 1 aliphatic carbocycles. The van der Waals surface area contributed by atoms with Crippen LogP contribution in [0.5, 0.6) is 0 Å². The van der Waals surface area contributed by atoms with Crippen molar-refractivity contribution in [3.05, 3.63) is 39.9 Å². The molecule has 1 aromatic carbocycles. The van der Waals surface area contributed by atoms with Gasteiger partial charge in [0, 0.05) is 24.7 Å². The summed E-state index contributed by atoms with van der Waals surface area (Å²) in [5.41, 5.74) is 1.28. The molecule has 1 aliphatic heterocycles. The number of benzene rings is 1. The Hall–Kier alpha value is -1.42. The highest BCUT2D eigenvalue weighted by Crippen LogP contribution is 2.36. The monoisotopic (exact) mass is 274 g/mol. The first-order valence-corrected chi connectivity index (χ1v) is 7.71. The third-order valence-electron chi connectivity index (χ3n) is 4.87. The van der Waals surface area contributed by atoms with Crippen molar-refractivity contribution in [1.82, 2.24) is 4.90 Å². The van der Waals surface area contributed by atoms with Gasteiger partial charge in [-0.3, -0.25) is 15.0 Å². The van der Waals surface area contributed by atoms with Gasteiger partial charge in [0.2, 0.25) is 0 Å². The maximum Gasteiger partial charge on any atom is 0.269 e. The van der Waals surface area contributed by atoms with E-state index in [2.05, 4.69) is 4.90 Å². The van der Waals surface area contributed by atoms with E-state index in [9.17, 15) is 10.1 Å². The summed E-state index contributed by atoms with van der Waals surface area (Å²) in [4.78, 5) is 13.1. The standard InChI is InChI=1S/C16H22N2O2/c19-18(20)15-8-3-5-13(11-15)12-17-10-4-7-14-6-1-2-9-16(14)17/h3,5,8,11,14,16H,1-2,4,6-7,9-10,12H2/t14-,16-/m0/s1. The Balaban J connectivity index is 1.72. The van der Waals surface area contributed by atoms with Crippen molar-refractivity contribution in [3.8, 4) is 0 Å². The molecule has 20 heavy (non-hydrogen) atoms. The lowest BCUT2D eigenvalue weighted by molar-refractivity contribution is -0.384. The van der Waals surface area contributed by atoms with Gasteiger partial charge in [0.15, 0.2) is 0 Å². The molecule has 108 valence electrons. The number of nitrogens with zero attached hydrogens (tertiary/aromatic N) is 2. The third-order valence-corrected chi connectivity index (χ3v) is 4.87. The van der Waals surface area contributed by atoms with Crippen LogP contribution in [0.25, 0.3) is 0 Å². The number of piperidine rings is 1. The quantitative estimate of drug-likeness (QED) is 0.623. The van der Waals surface area contributed by atoms with E-state index < -0.39 is 0 Å². The summed E-state index contributed by atoms with van der Waals surface area (Å²) in [7, 11) is 0. The predicted molar refractivity (Wildman–Crippen MR) is 78.5 cm³/mol. The largest absolute Gasteiger partial charge is 0.296 e. The second-order valence-electron chi connectivity index (χ2n) is 6.15. The zero-order chi connectivity index (χ0) is 13.9. The molecule has 0 aromatic heterocycles. The molecular weight excluding hydrogens is 252 g/mol. The molecule has 1 heterocycles. The van der Waals surface area contributed by atoms with Crippen LogP contribution in [0.4, 0.5) is 5.69 Å². The summed E-state index contributed by atoms with van der Waals surface area (Å²) in [6.45, 7) is 2.01. The average Bonchev–Trinajstić information content (AvgIpc) is 2.48. The number of hydrogen-bond donors (Lipinski definition) is 0. The van der Waals surface area contributed by atoms with Crippen LogP contribution in [0, 0.1) is 16.0 Å². The van der Waals surface area contributed by atoms with Crippen LogP contribution in [0.2, 0.25) is 0 Å². The van der Waals surface area contributed by atoms with Crippen molar-refractivity contribution in [2.45, 2.75) is 51.1 Å². The van der Waals surface area contributed by atoms with Gasteiger partial charge in [0.1, 0.15) is 0 Å². The summed E-state index contributed by atoms with van der Waals surface area (Å²) in [5, 5.41) is 10.9. The average molecular weight is 274 g/mol. The molecule has 0 amide bonds. The maximum absolute atomic E-state index is 10.9. The van der Waals surface area contributed by atoms with Crippen LogP contribution in [0.15, 0.2) is 24.3 Å². The van der Waals surface area contributed by atoms with Crippen LogP contribution < -0.4 is 0 Å². The topological polar surface area (TPSA) is 46.4 Å². The first-order valence-electron chi connectivity index (χ1n) is 7.71. The molecule has 2 fully saturated rings. The zero-order valence-electron chi connectivity index (χ0n) is 11.8. The van der Waals surface area contributed by atoms with Crippen molar-refractivity contribution >= 4 is 5.69 Å². The summed E-state index contributed by atoms with van der Waals surface area (Å²) in [6, 6.07) is 7.82. The molecule has 2 aliphatic rings. The van der Waals surface area contributed by atoms with Gasteiger partial charge in [-0.15, -0.1) is 0 Å². The highest BCUT2D eigenvalue weighted by Gasteiger charge is 2.32. The zero-order valence-corrected chi connectivity index (χ0v) is 11.8. The molecular formula is C16H22N2O2. The molecule has 1 aromatic rings. The fourth-order valence-electron chi connectivity index (χ4n) is 3.93. The number of non-ortho nitro benzene ring substituents is 1. The number of nitro groups is 1. The summed E-state index contributed by atoms with van der Waals surface area (Å²) < 4.78 is 0. The summed E-state index contributed by atoms with van der Waals surface area (Å²) in [5.74, 6) is 0.858. The van der Waals surface area contributed by atoms with E-state index in [0.717, 1.165) is 24.6 Å². The van der Waals surface area contributed by atoms with Crippen molar-refractivity contribution in [3.63, 3.8) is 0 Å². The van der Waals surface area contributed by atoms with Crippen LogP contribution in [-0.2, 0) is 6.54 Å². The van der Waals surface area contributed by atoms with E-state index in [0.29, 0.717) is 6.04 Å². The van der Waals surface area contributed by atoms with Crippen LogP contribution >= 0.6 is 0 Å². The SMILES string of the molecule is O=[N+]([O-])c1cccc(CN2CCC[C@@H]3CCCC[C@@H]32)c1. The molecule has 2 atom stereocenters. The van der Waals surface area contributed by atoms with Gasteiger partial charge in [0.05, 0.1) is 4.92 Å². The van der Waals surface area contributed by atoms with E-state index in [4.69, 9.17) is 0 Å². The number of nitro benzene ring substituents is 1. The molecule has 0 bridgehead atoms. The number of hydrogen-bond acceptors (Lipinski definition) is 3. The van der Waals surface area contributed by atoms with Crippen molar-refractivity contribution in [2.75, 3.05) is 6.54 Å². The van der Waals surface area contributed by atoms with Crippen LogP contribution in [0.3, 0.4) is 0 Å². The Morgan fingerprint density at radius 2 is 2.00 bits per heavy atom. The van der Waals surface area contributed by atoms with E-state index in [1.807, 2.05) is 6.07 Å². The van der Waals surface area contributed by atoms with Gasteiger partial charge < -0.3 is 0 Å². The van der Waals surface area contributed by atoms with Crippen molar-refractivity contribution < 1.29 is 4.92 Å². The predicted octanol–water partition coefficient (Wildman–Crippen LogP) is 3.75. The fourth-order valence-corrected chi connectivity index (χ4v) is 3.93. The van der Waals surface area contributed by atoms with Gasteiger partial charge >= 0.3 is 0 Å². The minimum Gasteiger partial charge on any atom is -0.296 e. The van der Waals surface area contributed by atoms with E-state index in [1.165, 1.54) is 38.5 Å². The van der Waals surface area contributed by atoms with Crippen molar-refractivity contribution in [2.24, 2.45) is 5.92 Å². The normalized spacial score (nSPS) is 27.0. The fraction of sp³-hybridized carbons (Fsp3) is 0.625. The minimum atomic E-state index is -0.302. The first kappa shape index (κ1) is 13.6. The highest BCUT2D eigenvalue weighted by atomic mass is 16.6. The van der Waals surface area contributed by atoms with E-state index >= 15 is 0 Å². The molecule has 0 spiro atoms. The van der Waals surface area contributed by atoms with Gasteiger partial charge in [-0.2, -0.15) is 0 Å². The van der Waals surface area contributed by atoms with Gasteiger partial charge in [0.25, 0.3) is 5.69 Å². The third kappa shape index (κ3) is 2.85. The first-order chi connectivity index (χ1) is 9.74. The van der Waals surface area contributed by atoms with E-state index in [1.54, 1.807) is 18.2 Å². The maximum atomic E-state index is 10.9. The molecule has 0 N–H and O–H groups in total. The molecule has 1 saturated carbocycles. The van der Waals surface area contributed by atoms with Gasteiger partial charge in [-0.1, -0.05) is 25.0 Å². The minimum absolute atomic E-state index is 0.208. The molecule has 4 nitrogen and oxygen atoms in total. The van der Waals surface area contributed by atoms with E-state index in [-0.39, 0.29) is 10.6 Å². The molecule has 0 radical (unpaired) electrons. The summed E-state index contributed by atoms with van der Waals surface area (Å²) >= 11 is 0. The Kier molecular flexibility index (Phi) is 4.01. The molecule has 3 rings (SSSR count). The number of fused-ring (bicyclic) bond motifs is 1.